The monoisotopic (exact) mass is 541 g/mol. The van der Waals surface area contributed by atoms with Crippen LogP contribution in [-0.2, 0) is 15.0 Å². The molecule has 3 aromatic rings. The number of hydrogen-bond donors (Lipinski definition) is 1. The van der Waals surface area contributed by atoms with Crippen LogP contribution in [0.5, 0.6) is 11.5 Å². The SMILES string of the molecule is CCCOc1ccccc1N1C(=O)C(=O)/C(=C(\O)c2cccc(OCC(C)C)c2)C1c1ccc(C(C)(C)C)cc1. The van der Waals surface area contributed by atoms with E-state index in [2.05, 4.69) is 34.6 Å². The summed E-state index contributed by atoms with van der Waals surface area (Å²) in [7, 11) is 0. The third-order valence-corrected chi connectivity index (χ3v) is 6.81. The zero-order valence-electron chi connectivity index (χ0n) is 24.2. The number of para-hydroxylation sites is 2. The van der Waals surface area contributed by atoms with Crippen molar-refractivity contribution in [3.63, 3.8) is 0 Å². The number of carbonyl (C=O) groups is 2. The molecule has 0 saturated carbocycles. The average Bonchev–Trinajstić information content (AvgIpc) is 3.20. The van der Waals surface area contributed by atoms with Crippen LogP contribution in [0.3, 0.4) is 0 Å². The van der Waals surface area contributed by atoms with E-state index < -0.39 is 17.7 Å². The molecule has 1 aliphatic rings. The standard InChI is InChI=1S/C34H39NO5/c1-7-19-39-28-14-9-8-13-27(28)35-30(23-15-17-25(18-16-23)34(4,5)6)29(32(37)33(35)38)31(36)24-11-10-12-26(20-24)40-21-22(2)3/h8-18,20,22,30,36H,7,19,21H2,1-6H3/b31-29-. The lowest BCUT2D eigenvalue weighted by atomic mass is 9.85. The van der Waals surface area contributed by atoms with Gasteiger partial charge in [0.1, 0.15) is 17.3 Å². The van der Waals surface area contributed by atoms with Crippen LogP contribution in [-0.4, -0.2) is 30.0 Å². The Morgan fingerprint density at radius 3 is 2.30 bits per heavy atom. The van der Waals surface area contributed by atoms with Crippen molar-refractivity contribution in [1.29, 1.82) is 0 Å². The predicted octanol–water partition coefficient (Wildman–Crippen LogP) is 7.43. The van der Waals surface area contributed by atoms with Gasteiger partial charge in [0, 0.05) is 5.56 Å². The number of rotatable bonds is 9. The molecule has 6 heteroatoms. The number of ether oxygens (including phenoxy) is 2. The zero-order valence-corrected chi connectivity index (χ0v) is 24.2. The molecule has 1 fully saturated rings. The Balaban J connectivity index is 1.89. The summed E-state index contributed by atoms with van der Waals surface area (Å²) in [6, 6.07) is 21.2. The number of hydrogen-bond acceptors (Lipinski definition) is 5. The van der Waals surface area contributed by atoms with Crippen LogP contribution in [0.1, 0.15) is 70.7 Å². The molecular weight excluding hydrogens is 502 g/mol. The van der Waals surface area contributed by atoms with Crippen LogP contribution in [0.15, 0.2) is 78.4 Å². The molecule has 1 aliphatic heterocycles. The van der Waals surface area contributed by atoms with Crippen LogP contribution in [0, 0.1) is 5.92 Å². The first-order chi connectivity index (χ1) is 19.0. The fourth-order valence-corrected chi connectivity index (χ4v) is 4.70. The van der Waals surface area contributed by atoms with Gasteiger partial charge in [-0.2, -0.15) is 0 Å². The van der Waals surface area contributed by atoms with Crippen molar-refractivity contribution in [2.75, 3.05) is 18.1 Å². The molecule has 1 saturated heterocycles. The minimum absolute atomic E-state index is 0.0276. The number of nitrogens with zero attached hydrogens (tertiary/aromatic N) is 1. The van der Waals surface area contributed by atoms with Crippen molar-refractivity contribution in [2.24, 2.45) is 5.92 Å². The highest BCUT2D eigenvalue weighted by Crippen LogP contribution is 2.45. The molecule has 0 aliphatic carbocycles. The molecule has 1 N–H and O–H groups in total. The minimum atomic E-state index is -0.847. The maximum Gasteiger partial charge on any atom is 0.300 e. The van der Waals surface area contributed by atoms with Crippen LogP contribution >= 0.6 is 0 Å². The molecule has 0 bridgehead atoms. The number of aliphatic hydroxyl groups excluding tert-OH is 1. The number of ketones is 1. The van der Waals surface area contributed by atoms with E-state index in [0.29, 0.717) is 47.4 Å². The van der Waals surface area contributed by atoms with Gasteiger partial charge in [0.2, 0.25) is 0 Å². The van der Waals surface area contributed by atoms with Gasteiger partial charge in [-0.1, -0.05) is 90.1 Å². The van der Waals surface area contributed by atoms with E-state index in [9.17, 15) is 14.7 Å². The Labute approximate surface area is 237 Å². The third-order valence-electron chi connectivity index (χ3n) is 6.81. The fourth-order valence-electron chi connectivity index (χ4n) is 4.70. The van der Waals surface area contributed by atoms with Crippen molar-refractivity contribution >= 4 is 23.1 Å². The largest absolute Gasteiger partial charge is 0.507 e. The van der Waals surface area contributed by atoms with Crippen molar-refractivity contribution in [1.82, 2.24) is 0 Å². The second-order valence-corrected chi connectivity index (χ2v) is 11.6. The Bertz CT molecular complexity index is 1400. The Kier molecular flexibility index (Phi) is 8.67. The van der Waals surface area contributed by atoms with Gasteiger partial charge in [0.15, 0.2) is 0 Å². The molecule has 1 heterocycles. The molecular formula is C34H39NO5. The van der Waals surface area contributed by atoms with E-state index in [1.807, 2.05) is 49.4 Å². The second kappa shape index (κ2) is 12.0. The molecule has 4 rings (SSSR count). The fraction of sp³-hybridized carbons (Fsp3) is 0.353. The molecule has 40 heavy (non-hydrogen) atoms. The lowest BCUT2D eigenvalue weighted by Crippen LogP contribution is -2.30. The molecule has 210 valence electrons. The first kappa shape index (κ1) is 28.9. The van der Waals surface area contributed by atoms with Crippen LogP contribution < -0.4 is 14.4 Å². The van der Waals surface area contributed by atoms with Gasteiger partial charge in [-0.25, -0.2) is 0 Å². The summed E-state index contributed by atoms with van der Waals surface area (Å²) in [4.78, 5) is 28.8. The topological polar surface area (TPSA) is 76.1 Å². The van der Waals surface area contributed by atoms with Crippen LogP contribution in [0.25, 0.3) is 5.76 Å². The maximum atomic E-state index is 13.7. The Morgan fingerprint density at radius 1 is 0.950 bits per heavy atom. The van der Waals surface area contributed by atoms with E-state index in [1.54, 1.807) is 30.3 Å². The van der Waals surface area contributed by atoms with Gasteiger partial charge in [-0.15, -0.1) is 0 Å². The lowest BCUT2D eigenvalue weighted by molar-refractivity contribution is -0.132. The highest BCUT2D eigenvalue weighted by molar-refractivity contribution is 6.52. The first-order valence-electron chi connectivity index (χ1n) is 13.9. The van der Waals surface area contributed by atoms with E-state index >= 15 is 0 Å². The summed E-state index contributed by atoms with van der Waals surface area (Å²) in [5.74, 6) is -0.295. The molecule has 0 spiro atoms. The van der Waals surface area contributed by atoms with E-state index in [0.717, 1.165) is 12.0 Å². The quantitative estimate of drug-likeness (QED) is 0.173. The summed E-state index contributed by atoms with van der Waals surface area (Å²) >= 11 is 0. The summed E-state index contributed by atoms with van der Waals surface area (Å²) < 4.78 is 11.8. The van der Waals surface area contributed by atoms with Gasteiger partial charge in [-0.3, -0.25) is 14.5 Å². The molecule has 1 amide bonds. The highest BCUT2D eigenvalue weighted by atomic mass is 16.5. The van der Waals surface area contributed by atoms with Crippen LogP contribution in [0.4, 0.5) is 5.69 Å². The molecule has 1 atom stereocenters. The molecule has 6 nitrogen and oxygen atoms in total. The van der Waals surface area contributed by atoms with Crippen molar-refractivity contribution < 1.29 is 24.2 Å². The lowest BCUT2D eigenvalue weighted by Gasteiger charge is -2.28. The van der Waals surface area contributed by atoms with E-state index in [1.165, 1.54) is 4.90 Å². The van der Waals surface area contributed by atoms with Crippen molar-refractivity contribution in [3.8, 4) is 11.5 Å². The van der Waals surface area contributed by atoms with Gasteiger partial charge >= 0.3 is 0 Å². The zero-order chi connectivity index (χ0) is 29.0. The van der Waals surface area contributed by atoms with Crippen molar-refractivity contribution in [2.45, 2.75) is 59.4 Å². The highest BCUT2D eigenvalue weighted by Gasteiger charge is 2.47. The average molecular weight is 542 g/mol. The van der Waals surface area contributed by atoms with Crippen LogP contribution in [0.2, 0.25) is 0 Å². The Hall–Kier alpha value is -4.06. The van der Waals surface area contributed by atoms with Crippen molar-refractivity contribution in [3.05, 3.63) is 95.1 Å². The number of carbonyl (C=O) groups excluding carboxylic acids is 2. The molecule has 1 unspecified atom stereocenters. The number of anilines is 1. The van der Waals surface area contributed by atoms with Gasteiger partial charge in [0.25, 0.3) is 11.7 Å². The molecule has 0 aromatic heterocycles. The normalized spacial score (nSPS) is 17.0. The first-order valence-corrected chi connectivity index (χ1v) is 13.9. The Morgan fingerprint density at radius 2 is 1.65 bits per heavy atom. The maximum absolute atomic E-state index is 13.7. The predicted molar refractivity (Wildman–Crippen MR) is 159 cm³/mol. The minimum Gasteiger partial charge on any atom is -0.507 e. The summed E-state index contributed by atoms with van der Waals surface area (Å²) in [5, 5.41) is 11.6. The van der Waals surface area contributed by atoms with Gasteiger partial charge in [-0.05, 0) is 53.1 Å². The van der Waals surface area contributed by atoms with Gasteiger partial charge in [0.05, 0.1) is 30.5 Å². The summed E-state index contributed by atoms with van der Waals surface area (Å²) in [6.45, 7) is 13.5. The van der Waals surface area contributed by atoms with Gasteiger partial charge < -0.3 is 14.6 Å². The molecule has 0 radical (unpaired) electrons. The number of Topliss-reactive ketones (excluding diaryl/α,β-unsaturated/α-hetero) is 1. The summed E-state index contributed by atoms with van der Waals surface area (Å²) in [5.41, 5.74) is 2.68. The number of aliphatic hydroxyl groups is 1. The number of benzene rings is 3. The third kappa shape index (κ3) is 6.06. The second-order valence-electron chi connectivity index (χ2n) is 11.6. The smallest absolute Gasteiger partial charge is 0.300 e. The molecule has 3 aromatic carbocycles. The summed E-state index contributed by atoms with van der Waals surface area (Å²) in [6.07, 6.45) is 0.792. The van der Waals surface area contributed by atoms with E-state index in [4.69, 9.17) is 9.47 Å². The van der Waals surface area contributed by atoms with E-state index in [-0.39, 0.29) is 16.7 Å². The number of amides is 1.